The molecule has 0 saturated carbocycles. The zero-order chi connectivity index (χ0) is 19.5. The van der Waals surface area contributed by atoms with Crippen molar-refractivity contribution in [2.45, 2.75) is 11.8 Å². The average molecular weight is 397 g/mol. The van der Waals surface area contributed by atoms with Gasteiger partial charge in [0.15, 0.2) is 0 Å². The molecular formula is C18H18ClFN2O3S. The number of amides is 1. The number of nitrogens with zero attached hydrogens (tertiary/aromatic N) is 1. The molecule has 0 aliphatic carbocycles. The molecule has 2 rings (SSSR count). The Morgan fingerprint density at radius 2 is 1.92 bits per heavy atom. The fourth-order valence-corrected chi connectivity index (χ4v) is 3.26. The molecule has 1 amide bonds. The summed E-state index contributed by atoms with van der Waals surface area (Å²) in [7, 11) is -0.772. The summed E-state index contributed by atoms with van der Waals surface area (Å²) in [5, 5.41) is 2.78. The third kappa shape index (κ3) is 4.49. The van der Waals surface area contributed by atoms with Gasteiger partial charge in [0.25, 0.3) is 0 Å². The topological polar surface area (TPSA) is 66.5 Å². The predicted octanol–water partition coefficient (Wildman–Crippen LogP) is 3.69. The van der Waals surface area contributed by atoms with Crippen LogP contribution in [0.4, 0.5) is 10.1 Å². The van der Waals surface area contributed by atoms with Gasteiger partial charge in [0.1, 0.15) is 5.82 Å². The standard InChI is InChI=1S/C18H18ClFN2O3S/c1-12-7-8-13(26(24,25)22(2)3)11-17(12)21-18(23)10-9-14-15(19)5-4-6-16(14)20/h4-11H,1-3H3,(H,21,23). The summed E-state index contributed by atoms with van der Waals surface area (Å²) in [4.78, 5) is 12.2. The monoisotopic (exact) mass is 396 g/mol. The van der Waals surface area contributed by atoms with E-state index in [-0.39, 0.29) is 15.5 Å². The molecule has 26 heavy (non-hydrogen) atoms. The number of benzene rings is 2. The van der Waals surface area contributed by atoms with E-state index >= 15 is 0 Å². The second-order valence-electron chi connectivity index (χ2n) is 5.72. The Kier molecular flexibility index (Phi) is 6.17. The first kappa shape index (κ1) is 20.1. The Hall–Kier alpha value is -2.22. The first-order valence-electron chi connectivity index (χ1n) is 7.59. The summed E-state index contributed by atoms with van der Waals surface area (Å²) in [6.45, 7) is 1.74. The van der Waals surface area contributed by atoms with Crippen molar-refractivity contribution >= 4 is 39.3 Å². The van der Waals surface area contributed by atoms with Crippen molar-refractivity contribution in [1.29, 1.82) is 0 Å². The molecule has 0 saturated heterocycles. The minimum atomic E-state index is -3.62. The van der Waals surface area contributed by atoms with Crippen LogP contribution in [0, 0.1) is 12.7 Å². The second kappa shape index (κ2) is 7.99. The van der Waals surface area contributed by atoms with E-state index < -0.39 is 21.7 Å². The van der Waals surface area contributed by atoms with Gasteiger partial charge in [-0.1, -0.05) is 23.7 Å². The highest BCUT2D eigenvalue weighted by atomic mass is 35.5. The fraction of sp³-hybridized carbons (Fsp3) is 0.167. The van der Waals surface area contributed by atoms with Crippen LogP contribution < -0.4 is 5.32 Å². The van der Waals surface area contributed by atoms with Crippen LogP contribution in [-0.2, 0) is 14.8 Å². The molecule has 0 unspecified atom stereocenters. The maximum atomic E-state index is 13.7. The molecule has 0 heterocycles. The van der Waals surface area contributed by atoms with Gasteiger partial charge >= 0.3 is 0 Å². The number of aryl methyl sites for hydroxylation is 1. The molecule has 0 atom stereocenters. The van der Waals surface area contributed by atoms with Crippen molar-refractivity contribution in [2.24, 2.45) is 0 Å². The van der Waals surface area contributed by atoms with Gasteiger partial charge in [0.05, 0.1) is 9.92 Å². The number of hydrogen-bond acceptors (Lipinski definition) is 3. The molecule has 0 aliphatic rings. The lowest BCUT2D eigenvalue weighted by Crippen LogP contribution is -2.22. The molecule has 2 aromatic carbocycles. The van der Waals surface area contributed by atoms with Crippen LogP contribution in [0.5, 0.6) is 0 Å². The van der Waals surface area contributed by atoms with Crippen molar-refractivity contribution in [1.82, 2.24) is 4.31 Å². The van der Waals surface area contributed by atoms with Crippen LogP contribution in [0.3, 0.4) is 0 Å². The third-order valence-corrected chi connectivity index (χ3v) is 5.79. The second-order valence-corrected chi connectivity index (χ2v) is 8.28. The summed E-state index contributed by atoms with van der Waals surface area (Å²) >= 11 is 5.90. The molecule has 0 fully saturated rings. The maximum Gasteiger partial charge on any atom is 0.248 e. The van der Waals surface area contributed by atoms with E-state index in [4.69, 9.17) is 11.6 Å². The van der Waals surface area contributed by atoms with E-state index in [9.17, 15) is 17.6 Å². The zero-order valence-electron chi connectivity index (χ0n) is 14.5. The van der Waals surface area contributed by atoms with E-state index in [1.165, 1.54) is 50.5 Å². The predicted molar refractivity (Wildman–Crippen MR) is 101 cm³/mol. The van der Waals surface area contributed by atoms with E-state index in [2.05, 4.69) is 5.32 Å². The van der Waals surface area contributed by atoms with Crippen LogP contribution in [0.1, 0.15) is 11.1 Å². The first-order chi connectivity index (χ1) is 12.1. The first-order valence-corrected chi connectivity index (χ1v) is 9.41. The van der Waals surface area contributed by atoms with E-state index in [1.54, 1.807) is 13.0 Å². The molecular weight excluding hydrogens is 379 g/mol. The minimum Gasteiger partial charge on any atom is -0.322 e. The van der Waals surface area contributed by atoms with Crippen LogP contribution in [-0.4, -0.2) is 32.7 Å². The number of carbonyl (C=O) groups excluding carboxylic acids is 1. The molecule has 5 nitrogen and oxygen atoms in total. The zero-order valence-corrected chi connectivity index (χ0v) is 16.0. The lowest BCUT2D eigenvalue weighted by atomic mass is 10.2. The van der Waals surface area contributed by atoms with Gasteiger partial charge in [-0.2, -0.15) is 0 Å². The van der Waals surface area contributed by atoms with Crippen molar-refractivity contribution in [3.05, 3.63) is 64.4 Å². The molecule has 0 aliphatic heterocycles. The number of hydrogen-bond donors (Lipinski definition) is 1. The number of carbonyl (C=O) groups is 1. The van der Waals surface area contributed by atoms with E-state index in [0.29, 0.717) is 11.3 Å². The van der Waals surface area contributed by atoms with Crippen LogP contribution in [0.25, 0.3) is 6.08 Å². The Balaban J connectivity index is 2.26. The maximum absolute atomic E-state index is 13.7. The smallest absolute Gasteiger partial charge is 0.248 e. The van der Waals surface area contributed by atoms with Crippen molar-refractivity contribution in [3.8, 4) is 0 Å². The van der Waals surface area contributed by atoms with Crippen molar-refractivity contribution < 1.29 is 17.6 Å². The summed E-state index contributed by atoms with van der Waals surface area (Å²) in [6.07, 6.45) is 2.40. The van der Waals surface area contributed by atoms with Crippen LogP contribution >= 0.6 is 11.6 Å². The van der Waals surface area contributed by atoms with Crippen LogP contribution in [0.2, 0.25) is 5.02 Å². The van der Waals surface area contributed by atoms with E-state index in [0.717, 1.165) is 10.4 Å². The van der Waals surface area contributed by atoms with E-state index in [1.807, 2.05) is 0 Å². The highest BCUT2D eigenvalue weighted by molar-refractivity contribution is 7.89. The number of halogens is 2. The van der Waals surface area contributed by atoms with Gasteiger partial charge in [-0.15, -0.1) is 0 Å². The molecule has 2 aromatic rings. The quantitative estimate of drug-likeness (QED) is 0.784. The Bertz CT molecular complexity index is 952. The van der Waals surface area contributed by atoms with Gasteiger partial charge in [0.2, 0.25) is 15.9 Å². The molecule has 0 spiro atoms. The Morgan fingerprint density at radius 1 is 1.23 bits per heavy atom. The lowest BCUT2D eigenvalue weighted by molar-refractivity contribution is -0.111. The molecule has 138 valence electrons. The summed E-state index contributed by atoms with van der Waals surface area (Å²) in [6, 6.07) is 8.67. The van der Waals surface area contributed by atoms with Crippen LogP contribution in [0.15, 0.2) is 47.4 Å². The van der Waals surface area contributed by atoms with Gasteiger partial charge in [0, 0.05) is 31.4 Å². The van der Waals surface area contributed by atoms with Crippen molar-refractivity contribution in [3.63, 3.8) is 0 Å². The highest BCUT2D eigenvalue weighted by Gasteiger charge is 2.18. The fourth-order valence-electron chi connectivity index (χ4n) is 2.11. The van der Waals surface area contributed by atoms with Gasteiger partial charge < -0.3 is 5.32 Å². The summed E-state index contributed by atoms with van der Waals surface area (Å²) < 4.78 is 39.2. The summed E-state index contributed by atoms with van der Waals surface area (Å²) in [5.74, 6) is -1.08. The molecule has 8 heteroatoms. The average Bonchev–Trinajstić information content (AvgIpc) is 2.56. The largest absolute Gasteiger partial charge is 0.322 e. The Labute approximate surface area is 157 Å². The number of sulfonamides is 1. The molecule has 0 bridgehead atoms. The van der Waals surface area contributed by atoms with Gasteiger partial charge in [-0.05, 0) is 42.8 Å². The molecule has 0 aromatic heterocycles. The molecule has 0 radical (unpaired) electrons. The number of nitrogens with one attached hydrogen (secondary N) is 1. The number of anilines is 1. The number of rotatable bonds is 5. The molecule has 1 N–H and O–H groups in total. The minimum absolute atomic E-state index is 0.0597. The Morgan fingerprint density at radius 3 is 2.54 bits per heavy atom. The normalized spacial score (nSPS) is 11.9. The van der Waals surface area contributed by atoms with Gasteiger partial charge in [-0.3, -0.25) is 4.79 Å². The van der Waals surface area contributed by atoms with Crippen molar-refractivity contribution in [2.75, 3.05) is 19.4 Å². The summed E-state index contributed by atoms with van der Waals surface area (Å²) in [5.41, 5.74) is 1.14. The SMILES string of the molecule is Cc1ccc(S(=O)(=O)N(C)C)cc1NC(=O)C=Cc1c(F)cccc1Cl. The third-order valence-electron chi connectivity index (χ3n) is 3.65. The van der Waals surface area contributed by atoms with Gasteiger partial charge in [-0.25, -0.2) is 17.1 Å². The lowest BCUT2D eigenvalue weighted by Gasteiger charge is -2.14. The highest BCUT2D eigenvalue weighted by Crippen LogP contribution is 2.23.